The largest absolute Gasteiger partial charge is 0.384 e. The van der Waals surface area contributed by atoms with Crippen molar-refractivity contribution in [3.05, 3.63) is 59.3 Å². The molecule has 0 aliphatic carbocycles. The van der Waals surface area contributed by atoms with E-state index in [1.807, 2.05) is 36.4 Å². The van der Waals surface area contributed by atoms with Crippen LogP contribution in [0.3, 0.4) is 0 Å². The summed E-state index contributed by atoms with van der Waals surface area (Å²) in [6.07, 6.45) is 2.45. The van der Waals surface area contributed by atoms with Crippen LogP contribution in [0.25, 0.3) is 16.5 Å². The third-order valence-electron chi connectivity index (χ3n) is 5.55. The molecule has 172 valence electrons. The fraction of sp³-hybridized carbons (Fsp3) is 0.292. The molecule has 2 aromatic carbocycles. The quantitative estimate of drug-likeness (QED) is 0.297. The molecule has 1 aliphatic heterocycles. The van der Waals surface area contributed by atoms with E-state index in [1.54, 1.807) is 0 Å². The van der Waals surface area contributed by atoms with Gasteiger partial charge in [0.25, 0.3) is 0 Å². The van der Waals surface area contributed by atoms with E-state index in [-0.39, 0.29) is 5.57 Å². The van der Waals surface area contributed by atoms with Crippen LogP contribution in [0, 0.1) is 0 Å². The van der Waals surface area contributed by atoms with Crippen molar-refractivity contribution in [1.29, 1.82) is 0 Å². The number of carbonyl (C=O) groups is 1. The minimum atomic E-state index is -0.563. The van der Waals surface area contributed by atoms with Gasteiger partial charge in [-0.05, 0) is 43.3 Å². The monoisotopic (exact) mass is 510 g/mol. The van der Waals surface area contributed by atoms with Crippen LogP contribution in [0.1, 0.15) is 12.0 Å². The number of nitrogens with zero attached hydrogens (tertiary/aromatic N) is 3. The SMILES string of the molecule is C=C(C(N)=O)c1cc2ncnc(Nc3cccc(Br)c3)c2cc1NCCCN1CCOCC1. The summed E-state index contributed by atoms with van der Waals surface area (Å²) >= 11 is 3.49. The van der Waals surface area contributed by atoms with Crippen LogP contribution in [0.2, 0.25) is 0 Å². The van der Waals surface area contributed by atoms with Crippen molar-refractivity contribution in [3.63, 3.8) is 0 Å². The normalized spacial score (nSPS) is 14.2. The van der Waals surface area contributed by atoms with E-state index in [2.05, 4.69) is 48.0 Å². The summed E-state index contributed by atoms with van der Waals surface area (Å²) in [6.45, 7) is 9.11. The summed E-state index contributed by atoms with van der Waals surface area (Å²) < 4.78 is 6.38. The number of halogens is 1. The van der Waals surface area contributed by atoms with Gasteiger partial charge in [0.15, 0.2) is 0 Å². The van der Waals surface area contributed by atoms with Gasteiger partial charge in [0.05, 0.1) is 18.7 Å². The maximum Gasteiger partial charge on any atom is 0.248 e. The van der Waals surface area contributed by atoms with E-state index < -0.39 is 5.91 Å². The molecule has 8 nitrogen and oxygen atoms in total. The summed E-state index contributed by atoms with van der Waals surface area (Å²) in [5.41, 5.74) is 8.80. The smallest absolute Gasteiger partial charge is 0.248 e. The van der Waals surface area contributed by atoms with Crippen LogP contribution in [0.4, 0.5) is 17.2 Å². The number of carbonyl (C=O) groups excluding carboxylic acids is 1. The van der Waals surface area contributed by atoms with Gasteiger partial charge in [-0.15, -0.1) is 0 Å². The number of aromatic nitrogens is 2. The maximum absolute atomic E-state index is 11.9. The van der Waals surface area contributed by atoms with Crippen LogP contribution in [0.15, 0.2) is 53.8 Å². The van der Waals surface area contributed by atoms with Crippen molar-refractivity contribution in [1.82, 2.24) is 14.9 Å². The Bertz CT molecular complexity index is 1160. The standard InChI is InChI=1S/C24H27BrN6O2/c1-16(23(26)32)19-13-22-20(14-21(19)27-6-3-7-31-8-10-33-11-9-31)24(29-15-28-22)30-18-5-2-4-17(25)12-18/h2,4-5,12-15,27H,1,3,6-11H2,(H2,26,32)(H,28,29,30). The number of primary amides is 1. The zero-order valence-electron chi connectivity index (χ0n) is 18.3. The molecule has 4 N–H and O–H groups in total. The number of rotatable bonds is 9. The molecule has 0 spiro atoms. The number of hydrogen-bond acceptors (Lipinski definition) is 7. The topological polar surface area (TPSA) is 105 Å². The number of ether oxygens (including phenoxy) is 1. The maximum atomic E-state index is 11.9. The summed E-state index contributed by atoms with van der Waals surface area (Å²) in [5, 5.41) is 7.65. The van der Waals surface area contributed by atoms with E-state index in [4.69, 9.17) is 10.5 Å². The molecule has 1 aliphatic rings. The molecule has 1 aromatic heterocycles. The lowest BCUT2D eigenvalue weighted by Gasteiger charge is -2.26. The van der Waals surface area contributed by atoms with E-state index in [0.29, 0.717) is 16.9 Å². The minimum absolute atomic E-state index is 0.243. The fourth-order valence-corrected chi connectivity index (χ4v) is 4.18. The Morgan fingerprint density at radius 2 is 2.03 bits per heavy atom. The van der Waals surface area contributed by atoms with Gasteiger partial charge in [-0.3, -0.25) is 9.69 Å². The average molecular weight is 511 g/mol. The van der Waals surface area contributed by atoms with Crippen LogP contribution in [0.5, 0.6) is 0 Å². The number of morpholine rings is 1. The van der Waals surface area contributed by atoms with Crippen LogP contribution in [-0.2, 0) is 9.53 Å². The molecular weight excluding hydrogens is 484 g/mol. The van der Waals surface area contributed by atoms with Crippen molar-refractivity contribution < 1.29 is 9.53 Å². The molecule has 9 heteroatoms. The summed E-state index contributed by atoms with van der Waals surface area (Å²) in [4.78, 5) is 23.1. The third kappa shape index (κ3) is 5.87. The van der Waals surface area contributed by atoms with Gasteiger partial charge in [-0.25, -0.2) is 9.97 Å². The number of hydrogen-bond donors (Lipinski definition) is 3. The van der Waals surface area contributed by atoms with Crippen molar-refractivity contribution in [2.45, 2.75) is 6.42 Å². The molecule has 33 heavy (non-hydrogen) atoms. The van der Waals surface area contributed by atoms with E-state index >= 15 is 0 Å². The Morgan fingerprint density at radius 1 is 1.21 bits per heavy atom. The minimum Gasteiger partial charge on any atom is -0.384 e. The van der Waals surface area contributed by atoms with E-state index in [9.17, 15) is 4.79 Å². The first-order valence-electron chi connectivity index (χ1n) is 10.9. The molecule has 1 saturated heterocycles. The van der Waals surface area contributed by atoms with Gasteiger partial charge in [-0.2, -0.15) is 0 Å². The molecule has 0 saturated carbocycles. The lowest BCUT2D eigenvalue weighted by Crippen LogP contribution is -2.37. The van der Waals surface area contributed by atoms with Crippen molar-refractivity contribution in [2.24, 2.45) is 5.73 Å². The second-order valence-corrected chi connectivity index (χ2v) is 8.77. The van der Waals surface area contributed by atoms with Gasteiger partial charge in [-0.1, -0.05) is 28.6 Å². The highest BCUT2D eigenvalue weighted by atomic mass is 79.9. The van der Waals surface area contributed by atoms with Crippen molar-refractivity contribution in [2.75, 3.05) is 50.0 Å². The highest BCUT2D eigenvalue weighted by Gasteiger charge is 2.16. The fourth-order valence-electron chi connectivity index (χ4n) is 3.78. The van der Waals surface area contributed by atoms with Crippen molar-refractivity contribution in [3.8, 4) is 0 Å². The van der Waals surface area contributed by atoms with Crippen LogP contribution >= 0.6 is 15.9 Å². The highest BCUT2D eigenvalue weighted by molar-refractivity contribution is 9.10. The Hall–Kier alpha value is -3.01. The Morgan fingerprint density at radius 3 is 2.79 bits per heavy atom. The lowest BCUT2D eigenvalue weighted by atomic mass is 10.0. The Kier molecular flexibility index (Phi) is 7.54. The van der Waals surface area contributed by atoms with E-state index in [1.165, 1.54) is 6.33 Å². The number of benzene rings is 2. The zero-order chi connectivity index (χ0) is 23.2. The number of fused-ring (bicyclic) bond motifs is 1. The van der Waals surface area contributed by atoms with Crippen LogP contribution in [-0.4, -0.2) is 60.2 Å². The predicted molar refractivity (Wildman–Crippen MR) is 136 cm³/mol. The number of nitrogens with two attached hydrogens (primary N) is 1. The molecule has 0 atom stereocenters. The molecule has 2 heterocycles. The second-order valence-electron chi connectivity index (χ2n) is 7.85. The van der Waals surface area contributed by atoms with Crippen molar-refractivity contribution >= 4 is 55.5 Å². The second kappa shape index (κ2) is 10.7. The third-order valence-corrected chi connectivity index (χ3v) is 6.05. The summed E-state index contributed by atoms with van der Waals surface area (Å²) in [5.74, 6) is 0.109. The molecule has 3 aromatic rings. The number of nitrogens with one attached hydrogen (secondary N) is 2. The van der Waals surface area contributed by atoms with Gasteiger partial charge in [0, 0.05) is 52.0 Å². The molecule has 1 fully saturated rings. The number of anilines is 3. The van der Waals surface area contributed by atoms with Gasteiger partial charge < -0.3 is 21.1 Å². The van der Waals surface area contributed by atoms with Gasteiger partial charge in [0.2, 0.25) is 5.91 Å². The molecule has 0 bridgehead atoms. The van der Waals surface area contributed by atoms with E-state index in [0.717, 1.165) is 67.0 Å². The Labute approximate surface area is 201 Å². The first-order chi connectivity index (χ1) is 16.0. The van der Waals surface area contributed by atoms with Crippen LogP contribution < -0.4 is 16.4 Å². The van der Waals surface area contributed by atoms with Gasteiger partial charge >= 0.3 is 0 Å². The molecule has 0 unspecified atom stereocenters. The zero-order valence-corrected chi connectivity index (χ0v) is 19.9. The average Bonchev–Trinajstić information content (AvgIpc) is 2.82. The summed E-state index contributed by atoms with van der Waals surface area (Å²) in [7, 11) is 0. The lowest BCUT2D eigenvalue weighted by molar-refractivity contribution is -0.112. The number of amides is 1. The van der Waals surface area contributed by atoms with Gasteiger partial charge in [0.1, 0.15) is 12.1 Å². The predicted octanol–water partition coefficient (Wildman–Crippen LogP) is 3.77. The molecule has 1 amide bonds. The summed E-state index contributed by atoms with van der Waals surface area (Å²) in [6, 6.07) is 11.6. The highest BCUT2D eigenvalue weighted by Crippen LogP contribution is 2.32. The Balaban J connectivity index is 1.59. The first kappa shape index (κ1) is 23.2. The molecular formula is C24H27BrN6O2. The molecule has 0 radical (unpaired) electrons. The first-order valence-corrected chi connectivity index (χ1v) is 11.6. The molecule has 4 rings (SSSR count).